The van der Waals surface area contributed by atoms with E-state index in [2.05, 4.69) is 20.5 Å². The lowest BCUT2D eigenvalue weighted by molar-refractivity contribution is 0.102. The van der Waals surface area contributed by atoms with E-state index in [1.807, 2.05) is 0 Å². The van der Waals surface area contributed by atoms with Gasteiger partial charge in [-0.15, -0.1) is 4.80 Å². The first-order chi connectivity index (χ1) is 14.8. The van der Waals surface area contributed by atoms with E-state index < -0.39 is 23.3 Å². The Kier molecular flexibility index (Phi) is 5.35. The van der Waals surface area contributed by atoms with Gasteiger partial charge in [-0.1, -0.05) is 11.6 Å². The molecule has 31 heavy (non-hydrogen) atoms. The van der Waals surface area contributed by atoms with Gasteiger partial charge in [0.25, 0.3) is 5.91 Å². The zero-order chi connectivity index (χ0) is 22.1. The summed E-state index contributed by atoms with van der Waals surface area (Å²) in [7, 11) is 0. The maximum atomic E-state index is 14.7. The summed E-state index contributed by atoms with van der Waals surface area (Å²) in [5.74, 6) is -2.07. The van der Waals surface area contributed by atoms with Gasteiger partial charge in [0.1, 0.15) is 17.4 Å². The topological polar surface area (TPSA) is 92.9 Å². The number of aromatic nitrogens is 4. The largest absolute Gasteiger partial charge is 0.507 e. The molecule has 2 aromatic carbocycles. The molecular formula is C21H14ClF2N5O2. The molecule has 2 aromatic heterocycles. The minimum atomic E-state index is -0.742. The molecule has 0 aliphatic rings. The fraction of sp³-hybridized carbons (Fsp3) is 0.0476. The highest BCUT2D eigenvalue weighted by Gasteiger charge is 2.18. The van der Waals surface area contributed by atoms with Crippen molar-refractivity contribution in [1.29, 1.82) is 0 Å². The number of amides is 1. The van der Waals surface area contributed by atoms with E-state index in [9.17, 15) is 18.7 Å². The zero-order valence-corrected chi connectivity index (χ0v) is 16.7. The molecule has 2 heterocycles. The van der Waals surface area contributed by atoms with Crippen LogP contribution in [-0.4, -0.2) is 31.0 Å². The molecule has 0 aliphatic carbocycles. The molecule has 4 aromatic rings. The molecule has 0 fully saturated rings. The first-order valence-electron chi connectivity index (χ1n) is 8.96. The number of pyridine rings is 1. The molecule has 0 saturated heterocycles. The fourth-order valence-corrected chi connectivity index (χ4v) is 3.28. The Balaban J connectivity index is 1.61. The van der Waals surface area contributed by atoms with Crippen LogP contribution in [0.2, 0.25) is 5.02 Å². The Labute approximate surface area is 179 Å². The average Bonchev–Trinajstić information content (AvgIpc) is 3.24. The molecule has 0 saturated carbocycles. The normalized spacial score (nSPS) is 10.8. The van der Waals surface area contributed by atoms with Gasteiger partial charge < -0.3 is 10.4 Å². The van der Waals surface area contributed by atoms with Crippen LogP contribution >= 0.6 is 11.6 Å². The molecule has 2 N–H and O–H groups in total. The van der Waals surface area contributed by atoms with Crippen molar-refractivity contribution in [3.63, 3.8) is 0 Å². The number of anilines is 1. The van der Waals surface area contributed by atoms with Crippen LogP contribution in [0.5, 0.6) is 5.75 Å². The zero-order valence-electron chi connectivity index (χ0n) is 16.0. The van der Waals surface area contributed by atoms with Gasteiger partial charge in [-0.2, -0.15) is 10.2 Å². The summed E-state index contributed by atoms with van der Waals surface area (Å²) in [4.78, 5) is 18.1. The molecule has 0 atom stereocenters. The number of aryl methyl sites for hydroxylation is 1. The van der Waals surface area contributed by atoms with E-state index in [0.29, 0.717) is 11.3 Å². The van der Waals surface area contributed by atoms with Gasteiger partial charge in [0, 0.05) is 22.8 Å². The number of halogens is 3. The van der Waals surface area contributed by atoms with Crippen LogP contribution in [0.3, 0.4) is 0 Å². The van der Waals surface area contributed by atoms with E-state index in [1.54, 1.807) is 6.92 Å². The first kappa shape index (κ1) is 20.4. The van der Waals surface area contributed by atoms with Crippen molar-refractivity contribution in [3.05, 3.63) is 82.8 Å². The summed E-state index contributed by atoms with van der Waals surface area (Å²) in [5.41, 5.74) is 0.997. The summed E-state index contributed by atoms with van der Waals surface area (Å²) in [6, 6.07) is 7.22. The summed E-state index contributed by atoms with van der Waals surface area (Å²) in [5, 5.41) is 20.6. The summed E-state index contributed by atoms with van der Waals surface area (Å²) in [6.07, 6.45) is 4.32. The Morgan fingerprint density at radius 1 is 1.10 bits per heavy atom. The second kappa shape index (κ2) is 8.11. The lowest BCUT2D eigenvalue weighted by Crippen LogP contribution is -2.15. The van der Waals surface area contributed by atoms with Crippen molar-refractivity contribution in [1.82, 2.24) is 20.0 Å². The predicted molar refractivity (Wildman–Crippen MR) is 110 cm³/mol. The van der Waals surface area contributed by atoms with Crippen LogP contribution < -0.4 is 5.32 Å². The van der Waals surface area contributed by atoms with Gasteiger partial charge in [-0.3, -0.25) is 4.79 Å². The van der Waals surface area contributed by atoms with Gasteiger partial charge in [0.15, 0.2) is 5.82 Å². The van der Waals surface area contributed by atoms with Crippen molar-refractivity contribution >= 4 is 23.2 Å². The number of phenols is 1. The van der Waals surface area contributed by atoms with Gasteiger partial charge in [0.2, 0.25) is 0 Å². The number of hydrogen-bond acceptors (Lipinski definition) is 5. The fourth-order valence-electron chi connectivity index (χ4n) is 3.03. The number of nitrogens with one attached hydrogen (secondary N) is 1. The highest BCUT2D eigenvalue weighted by Crippen LogP contribution is 2.33. The Hall–Kier alpha value is -3.85. The molecule has 1 amide bonds. The van der Waals surface area contributed by atoms with Crippen LogP contribution in [0.25, 0.3) is 16.9 Å². The SMILES string of the molecule is Cc1cc(-c2ccc(F)cc2O)c(F)cc1C(=O)Nc1cnc(-n2nccn2)c(Cl)c1. The minimum Gasteiger partial charge on any atom is -0.507 e. The van der Waals surface area contributed by atoms with Crippen LogP contribution in [0.4, 0.5) is 14.5 Å². The van der Waals surface area contributed by atoms with Crippen molar-refractivity contribution in [2.24, 2.45) is 0 Å². The smallest absolute Gasteiger partial charge is 0.256 e. The third-order valence-electron chi connectivity index (χ3n) is 4.50. The number of hydrogen-bond donors (Lipinski definition) is 2. The van der Waals surface area contributed by atoms with Gasteiger partial charge >= 0.3 is 0 Å². The molecule has 0 bridgehead atoms. The number of nitrogens with zero attached hydrogens (tertiary/aromatic N) is 4. The third-order valence-corrected chi connectivity index (χ3v) is 4.77. The lowest BCUT2D eigenvalue weighted by Gasteiger charge is -2.12. The summed E-state index contributed by atoms with van der Waals surface area (Å²) in [6.45, 7) is 1.62. The Bertz CT molecular complexity index is 1300. The second-order valence-electron chi connectivity index (χ2n) is 6.61. The van der Waals surface area contributed by atoms with E-state index in [4.69, 9.17) is 11.6 Å². The molecule has 156 valence electrons. The van der Waals surface area contributed by atoms with E-state index in [-0.39, 0.29) is 27.5 Å². The number of benzene rings is 2. The summed E-state index contributed by atoms with van der Waals surface area (Å²) >= 11 is 6.20. The highest BCUT2D eigenvalue weighted by molar-refractivity contribution is 6.32. The Morgan fingerprint density at radius 2 is 1.84 bits per heavy atom. The van der Waals surface area contributed by atoms with Crippen molar-refractivity contribution in [2.45, 2.75) is 6.92 Å². The van der Waals surface area contributed by atoms with Crippen LogP contribution in [-0.2, 0) is 0 Å². The van der Waals surface area contributed by atoms with E-state index in [0.717, 1.165) is 18.2 Å². The third kappa shape index (κ3) is 4.08. The second-order valence-corrected chi connectivity index (χ2v) is 7.02. The molecule has 7 nitrogen and oxygen atoms in total. The number of phenolic OH excluding ortho intramolecular Hbond substituents is 1. The highest BCUT2D eigenvalue weighted by atomic mass is 35.5. The van der Waals surface area contributed by atoms with Crippen molar-refractivity contribution < 1.29 is 18.7 Å². The number of carbonyl (C=O) groups is 1. The van der Waals surface area contributed by atoms with Gasteiger partial charge in [-0.05, 0) is 42.8 Å². The maximum Gasteiger partial charge on any atom is 0.256 e. The van der Waals surface area contributed by atoms with E-state index >= 15 is 0 Å². The van der Waals surface area contributed by atoms with Gasteiger partial charge in [-0.25, -0.2) is 13.8 Å². The number of carbonyl (C=O) groups excluding carboxylic acids is 1. The van der Waals surface area contributed by atoms with Crippen LogP contribution in [0, 0.1) is 18.6 Å². The minimum absolute atomic E-state index is 0.0485. The number of aromatic hydroxyl groups is 1. The molecule has 0 unspecified atom stereocenters. The molecule has 10 heteroatoms. The van der Waals surface area contributed by atoms with Crippen molar-refractivity contribution in [2.75, 3.05) is 5.32 Å². The summed E-state index contributed by atoms with van der Waals surface area (Å²) < 4.78 is 28.0. The lowest BCUT2D eigenvalue weighted by atomic mass is 9.98. The standard InChI is InChI=1S/C21H14ClF2N5O2/c1-11-6-16(14-3-2-12(23)7-19(14)30)18(24)9-15(11)21(31)28-13-8-17(22)20(25-10-13)29-26-4-5-27-29/h2-10,30H,1H3,(H,28,31). The number of rotatable bonds is 4. The van der Waals surface area contributed by atoms with Crippen LogP contribution in [0.15, 0.2) is 55.0 Å². The molecule has 0 radical (unpaired) electrons. The molecular weight excluding hydrogens is 428 g/mol. The van der Waals surface area contributed by atoms with E-state index in [1.165, 1.54) is 41.6 Å². The Morgan fingerprint density at radius 3 is 2.52 bits per heavy atom. The van der Waals surface area contributed by atoms with Gasteiger partial charge in [0.05, 0.1) is 29.3 Å². The van der Waals surface area contributed by atoms with Crippen LogP contribution in [0.1, 0.15) is 15.9 Å². The first-order valence-corrected chi connectivity index (χ1v) is 9.34. The molecule has 4 rings (SSSR count). The quantitative estimate of drug-likeness (QED) is 0.485. The average molecular weight is 442 g/mol. The monoisotopic (exact) mass is 441 g/mol. The maximum absolute atomic E-state index is 14.7. The molecule has 0 aliphatic heterocycles. The molecule has 0 spiro atoms. The van der Waals surface area contributed by atoms with Crippen molar-refractivity contribution in [3.8, 4) is 22.7 Å². The predicted octanol–water partition coefficient (Wildman–Crippen LogP) is 4.53.